The average molecular weight is 183 g/mol. The monoisotopic (exact) mass is 183 g/mol. The summed E-state index contributed by atoms with van der Waals surface area (Å²) in [6.45, 7) is 5.05. The fraction of sp³-hybridized carbons (Fsp3) is 0.900. The predicted molar refractivity (Wildman–Crippen MR) is 49.4 cm³/mol. The van der Waals surface area contributed by atoms with Gasteiger partial charge in [0.25, 0.3) is 0 Å². The summed E-state index contributed by atoms with van der Waals surface area (Å²) in [6.07, 6.45) is 3.32. The lowest BCUT2D eigenvalue weighted by Gasteiger charge is -2.41. The second kappa shape index (κ2) is 2.89. The molecule has 0 radical (unpaired) electrons. The first-order valence-corrected chi connectivity index (χ1v) is 5.09. The van der Waals surface area contributed by atoms with Crippen molar-refractivity contribution >= 4 is 6.09 Å². The number of ether oxygens (including phenoxy) is 1. The van der Waals surface area contributed by atoms with Crippen LogP contribution in [0.2, 0.25) is 0 Å². The van der Waals surface area contributed by atoms with Crippen LogP contribution in [0.1, 0.15) is 33.1 Å². The number of carbonyl (C=O) groups excluding carboxylic acids is 1. The van der Waals surface area contributed by atoms with Crippen molar-refractivity contribution in [2.75, 3.05) is 6.61 Å². The Morgan fingerprint density at radius 2 is 2.31 bits per heavy atom. The number of amides is 1. The van der Waals surface area contributed by atoms with Crippen molar-refractivity contribution in [1.29, 1.82) is 0 Å². The molecule has 13 heavy (non-hydrogen) atoms. The van der Waals surface area contributed by atoms with Crippen molar-refractivity contribution in [3.05, 3.63) is 0 Å². The lowest BCUT2D eigenvalue weighted by atomic mass is 9.69. The molecule has 3 atom stereocenters. The topological polar surface area (TPSA) is 38.3 Å². The number of hydrogen-bond acceptors (Lipinski definition) is 2. The molecule has 1 amide bonds. The zero-order valence-corrected chi connectivity index (χ0v) is 8.30. The fourth-order valence-electron chi connectivity index (χ4n) is 2.61. The van der Waals surface area contributed by atoms with Gasteiger partial charge in [0.05, 0.1) is 5.54 Å². The zero-order valence-electron chi connectivity index (χ0n) is 8.30. The molecule has 1 heterocycles. The van der Waals surface area contributed by atoms with Gasteiger partial charge in [0.1, 0.15) is 6.61 Å². The summed E-state index contributed by atoms with van der Waals surface area (Å²) < 4.78 is 5.01. The van der Waals surface area contributed by atoms with Crippen LogP contribution in [0.25, 0.3) is 0 Å². The quantitative estimate of drug-likeness (QED) is 0.623. The third-order valence-corrected chi connectivity index (χ3v) is 3.82. The normalized spacial score (nSPS) is 44.6. The van der Waals surface area contributed by atoms with Crippen LogP contribution in [0.3, 0.4) is 0 Å². The molecule has 3 unspecified atom stereocenters. The third-order valence-electron chi connectivity index (χ3n) is 3.82. The molecule has 1 N–H and O–H groups in total. The van der Waals surface area contributed by atoms with Crippen molar-refractivity contribution < 1.29 is 9.53 Å². The Hall–Kier alpha value is -0.730. The Bertz CT molecular complexity index is 229. The summed E-state index contributed by atoms with van der Waals surface area (Å²) in [6, 6.07) is 0. The van der Waals surface area contributed by atoms with Crippen LogP contribution in [0.15, 0.2) is 0 Å². The molecule has 74 valence electrons. The maximum Gasteiger partial charge on any atom is 0.407 e. The Labute approximate surface area is 78.8 Å². The highest BCUT2D eigenvalue weighted by atomic mass is 16.6. The minimum Gasteiger partial charge on any atom is -0.447 e. The van der Waals surface area contributed by atoms with Gasteiger partial charge in [0.15, 0.2) is 0 Å². The molecule has 2 aliphatic rings. The molecule has 1 saturated carbocycles. The number of alkyl carbamates (subject to hydrolysis) is 1. The van der Waals surface area contributed by atoms with E-state index in [9.17, 15) is 4.79 Å². The van der Waals surface area contributed by atoms with Gasteiger partial charge in [-0.3, -0.25) is 0 Å². The van der Waals surface area contributed by atoms with Gasteiger partial charge < -0.3 is 10.1 Å². The van der Waals surface area contributed by atoms with Crippen LogP contribution in [0.4, 0.5) is 4.79 Å². The van der Waals surface area contributed by atoms with Gasteiger partial charge in [-0.2, -0.15) is 0 Å². The lowest BCUT2D eigenvalue weighted by molar-refractivity contribution is 0.104. The summed E-state index contributed by atoms with van der Waals surface area (Å²) in [5.74, 6) is 1.23. The van der Waals surface area contributed by atoms with E-state index in [1.165, 1.54) is 12.8 Å². The first-order valence-electron chi connectivity index (χ1n) is 5.09. The van der Waals surface area contributed by atoms with Crippen LogP contribution in [0, 0.1) is 11.8 Å². The highest BCUT2D eigenvalue weighted by molar-refractivity contribution is 5.70. The van der Waals surface area contributed by atoms with Crippen LogP contribution >= 0.6 is 0 Å². The van der Waals surface area contributed by atoms with Crippen molar-refractivity contribution in [2.24, 2.45) is 11.8 Å². The summed E-state index contributed by atoms with van der Waals surface area (Å²) >= 11 is 0. The largest absolute Gasteiger partial charge is 0.447 e. The minimum atomic E-state index is -0.235. The van der Waals surface area contributed by atoms with Gasteiger partial charge in [0, 0.05) is 0 Å². The van der Waals surface area contributed by atoms with E-state index in [0.29, 0.717) is 18.4 Å². The average Bonchev–Trinajstić information content (AvgIpc) is 2.45. The summed E-state index contributed by atoms with van der Waals surface area (Å²) in [5, 5.41) is 2.99. The van der Waals surface area contributed by atoms with Crippen LogP contribution in [-0.4, -0.2) is 18.2 Å². The Kier molecular flexibility index (Phi) is 1.97. The van der Waals surface area contributed by atoms with E-state index in [-0.39, 0.29) is 11.6 Å². The molecule has 1 saturated heterocycles. The number of carbonyl (C=O) groups is 1. The molecular weight excluding hydrogens is 166 g/mol. The maximum atomic E-state index is 11.0. The molecule has 0 aromatic carbocycles. The van der Waals surface area contributed by atoms with Crippen molar-refractivity contribution in [3.8, 4) is 0 Å². The Morgan fingerprint density at radius 1 is 1.54 bits per heavy atom. The molecule has 0 bridgehead atoms. The van der Waals surface area contributed by atoms with E-state index in [1.807, 2.05) is 0 Å². The van der Waals surface area contributed by atoms with E-state index in [2.05, 4.69) is 19.2 Å². The highest BCUT2D eigenvalue weighted by Crippen LogP contribution is 2.39. The molecular formula is C10H17NO2. The van der Waals surface area contributed by atoms with Gasteiger partial charge in [0.2, 0.25) is 0 Å². The third kappa shape index (κ3) is 1.30. The van der Waals surface area contributed by atoms with Gasteiger partial charge in [-0.25, -0.2) is 4.79 Å². The van der Waals surface area contributed by atoms with Crippen molar-refractivity contribution in [1.82, 2.24) is 5.32 Å². The molecule has 1 aliphatic carbocycles. The van der Waals surface area contributed by atoms with Crippen molar-refractivity contribution in [3.63, 3.8) is 0 Å². The molecule has 1 spiro atoms. The minimum absolute atomic E-state index is 0.0469. The first kappa shape index (κ1) is 8.85. The van der Waals surface area contributed by atoms with E-state index < -0.39 is 0 Å². The number of cyclic esters (lactones) is 1. The van der Waals surface area contributed by atoms with Crippen molar-refractivity contribution in [2.45, 2.75) is 38.6 Å². The number of nitrogens with one attached hydrogen (secondary N) is 1. The molecule has 2 rings (SSSR count). The molecule has 0 aromatic heterocycles. The van der Waals surface area contributed by atoms with E-state index >= 15 is 0 Å². The Morgan fingerprint density at radius 3 is 2.92 bits per heavy atom. The standard InChI is InChI=1S/C10H17NO2/c1-7-4-3-5-10(8(7)2)6-13-9(12)11-10/h7-8H,3-6H2,1-2H3,(H,11,12). The van der Waals surface area contributed by atoms with Crippen LogP contribution in [-0.2, 0) is 4.74 Å². The number of rotatable bonds is 0. The van der Waals surface area contributed by atoms with Crippen LogP contribution in [0.5, 0.6) is 0 Å². The SMILES string of the molecule is CC1CCCC2(COC(=O)N2)C1C. The maximum absolute atomic E-state index is 11.0. The summed E-state index contributed by atoms with van der Waals surface area (Å²) in [7, 11) is 0. The molecule has 0 aromatic rings. The second-order valence-electron chi connectivity index (χ2n) is 4.52. The van der Waals surface area contributed by atoms with E-state index in [0.717, 1.165) is 6.42 Å². The summed E-state index contributed by atoms with van der Waals surface area (Å²) in [4.78, 5) is 11.0. The van der Waals surface area contributed by atoms with Gasteiger partial charge >= 0.3 is 6.09 Å². The van der Waals surface area contributed by atoms with E-state index in [1.54, 1.807) is 0 Å². The van der Waals surface area contributed by atoms with Gasteiger partial charge in [-0.1, -0.05) is 26.7 Å². The zero-order chi connectivity index (χ0) is 9.47. The lowest BCUT2D eigenvalue weighted by Crippen LogP contribution is -2.53. The fourth-order valence-corrected chi connectivity index (χ4v) is 2.61. The second-order valence-corrected chi connectivity index (χ2v) is 4.52. The molecule has 3 nitrogen and oxygen atoms in total. The highest BCUT2D eigenvalue weighted by Gasteiger charge is 2.47. The first-order chi connectivity index (χ1) is 6.14. The van der Waals surface area contributed by atoms with Crippen LogP contribution < -0.4 is 5.32 Å². The Balaban J connectivity index is 2.16. The molecule has 2 fully saturated rings. The molecule has 1 aliphatic heterocycles. The predicted octanol–water partition coefficient (Wildman–Crippen LogP) is 1.92. The number of hydrogen-bond donors (Lipinski definition) is 1. The van der Waals surface area contributed by atoms with E-state index in [4.69, 9.17) is 4.74 Å². The van der Waals surface area contributed by atoms with Gasteiger partial charge in [-0.05, 0) is 18.3 Å². The van der Waals surface area contributed by atoms with Gasteiger partial charge in [-0.15, -0.1) is 0 Å². The summed E-state index contributed by atoms with van der Waals surface area (Å²) in [5.41, 5.74) is -0.0469. The smallest absolute Gasteiger partial charge is 0.407 e. The molecule has 3 heteroatoms.